The third kappa shape index (κ3) is 4.84. The predicted octanol–water partition coefficient (Wildman–Crippen LogP) is 2.74. The van der Waals surface area contributed by atoms with E-state index in [1.165, 1.54) is 37.1 Å². The van der Waals surface area contributed by atoms with Gasteiger partial charge in [-0.25, -0.2) is 4.79 Å². The van der Waals surface area contributed by atoms with E-state index in [1.807, 2.05) is 0 Å². The van der Waals surface area contributed by atoms with Crippen molar-refractivity contribution < 1.29 is 9.90 Å². The minimum Gasteiger partial charge on any atom is -0.465 e. The average Bonchev–Trinajstić information content (AvgIpc) is 2.37. The van der Waals surface area contributed by atoms with Gasteiger partial charge in [-0.1, -0.05) is 13.8 Å². The summed E-state index contributed by atoms with van der Waals surface area (Å²) < 4.78 is 0. The maximum absolute atomic E-state index is 10.8. The Labute approximate surface area is 111 Å². The van der Waals surface area contributed by atoms with Crippen LogP contribution in [-0.4, -0.2) is 54.2 Å². The van der Waals surface area contributed by atoms with Crippen LogP contribution >= 0.6 is 0 Å². The fourth-order valence-corrected chi connectivity index (χ4v) is 2.91. The molecule has 1 saturated carbocycles. The highest BCUT2D eigenvalue weighted by atomic mass is 16.4. The lowest BCUT2D eigenvalue weighted by molar-refractivity contribution is 0.134. The van der Waals surface area contributed by atoms with Gasteiger partial charge in [-0.3, -0.25) is 0 Å². The van der Waals surface area contributed by atoms with Gasteiger partial charge in [0, 0.05) is 20.1 Å². The molecule has 106 valence electrons. The third-order valence-corrected chi connectivity index (χ3v) is 4.24. The zero-order valence-electron chi connectivity index (χ0n) is 12.1. The van der Waals surface area contributed by atoms with Crippen LogP contribution in [0.2, 0.25) is 0 Å². The molecule has 1 rings (SSSR count). The Bertz CT molecular complexity index is 246. The van der Waals surface area contributed by atoms with Gasteiger partial charge in [-0.05, 0) is 50.6 Å². The van der Waals surface area contributed by atoms with Crippen molar-refractivity contribution in [2.45, 2.75) is 39.5 Å². The Balaban J connectivity index is 2.26. The van der Waals surface area contributed by atoms with E-state index in [2.05, 4.69) is 18.7 Å². The van der Waals surface area contributed by atoms with Gasteiger partial charge in [0.05, 0.1) is 0 Å². The van der Waals surface area contributed by atoms with Crippen LogP contribution in [0, 0.1) is 11.8 Å². The van der Waals surface area contributed by atoms with E-state index in [-0.39, 0.29) is 0 Å². The number of rotatable bonds is 6. The van der Waals surface area contributed by atoms with Crippen molar-refractivity contribution in [3.05, 3.63) is 0 Å². The predicted molar refractivity (Wildman–Crippen MR) is 73.9 cm³/mol. The van der Waals surface area contributed by atoms with E-state index >= 15 is 0 Å². The third-order valence-electron chi connectivity index (χ3n) is 4.24. The average molecular weight is 256 g/mol. The molecule has 1 N–H and O–H groups in total. The normalized spacial score (nSPS) is 24.2. The van der Waals surface area contributed by atoms with Gasteiger partial charge in [0.1, 0.15) is 0 Å². The first-order valence-electron chi connectivity index (χ1n) is 7.23. The van der Waals surface area contributed by atoms with Gasteiger partial charge >= 0.3 is 6.09 Å². The molecular weight excluding hydrogens is 228 g/mol. The standard InChI is InChI=1S/C14H28N2O2/c1-4-16(5-2)11-13-8-6-12(7-9-13)10-15(3)14(17)18/h12-13H,4-11H2,1-3H3,(H,17,18). The van der Waals surface area contributed by atoms with E-state index in [9.17, 15) is 4.79 Å². The number of hydrogen-bond donors (Lipinski definition) is 1. The number of nitrogens with zero attached hydrogens (tertiary/aromatic N) is 2. The second-order valence-electron chi connectivity index (χ2n) is 5.54. The van der Waals surface area contributed by atoms with Crippen molar-refractivity contribution in [1.82, 2.24) is 9.80 Å². The quantitative estimate of drug-likeness (QED) is 0.794. The summed E-state index contributed by atoms with van der Waals surface area (Å²) in [6.45, 7) is 8.63. The van der Waals surface area contributed by atoms with Crippen LogP contribution in [0.15, 0.2) is 0 Å². The van der Waals surface area contributed by atoms with Gasteiger partial charge in [-0.2, -0.15) is 0 Å². The molecule has 4 heteroatoms. The molecule has 18 heavy (non-hydrogen) atoms. The van der Waals surface area contributed by atoms with E-state index in [1.54, 1.807) is 7.05 Å². The van der Waals surface area contributed by atoms with Crippen molar-refractivity contribution in [2.75, 3.05) is 33.2 Å². The highest BCUT2D eigenvalue weighted by Gasteiger charge is 2.24. The number of carboxylic acid groups (broad SMARTS) is 1. The van der Waals surface area contributed by atoms with E-state index < -0.39 is 6.09 Å². The SMILES string of the molecule is CCN(CC)CC1CCC(CN(C)C(=O)O)CC1. The van der Waals surface area contributed by atoms with Crippen LogP contribution in [-0.2, 0) is 0 Å². The van der Waals surface area contributed by atoms with Crippen LogP contribution in [0.25, 0.3) is 0 Å². The molecule has 0 heterocycles. The Morgan fingerprint density at radius 1 is 1.06 bits per heavy atom. The van der Waals surface area contributed by atoms with Crippen molar-refractivity contribution in [1.29, 1.82) is 0 Å². The summed E-state index contributed by atoms with van der Waals surface area (Å²) in [5.41, 5.74) is 0. The molecule has 1 aliphatic rings. The Hall–Kier alpha value is -0.770. The number of hydrogen-bond acceptors (Lipinski definition) is 2. The molecule has 0 aliphatic heterocycles. The topological polar surface area (TPSA) is 43.8 Å². The summed E-state index contributed by atoms with van der Waals surface area (Å²) in [4.78, 5) is 14.7. The molecule has 1 amide bonds. The summed E-state index contributed by atoms with van der Waals surface area (Å²) in [6.07, 6.45) is 4.08. The smallest absolute Gasteiger partial charge is 0.407 e. The molecule has 0 unspecified atom stereocenters. The van der Waals surface area contributed by atoms with Crippen molar-refractivity contribution in [2.24, 2.45) is 11.8 Å². The van der Waals surface area contributed by atoms with Crippen LogP contribution in [0.3, 0.4) is 0 Å². The molecule has 0 spiro atoms. The fourth-order valence-electron chi connectivity index (χ4n) is 2.91. The Morgan fingerprint density at radius 3 is 1.89 bits per heavy atom. The highest BCUT2D eigenvalue weighted by molar-refractivity contribution is 5.64. The van der Waals surface area contributed by atoms with Gasteiger partial charge in [0.2, 0.25) is 0 Å². The molecule has 0 bridgehead atoms. The maximum Gasteiger partial charge on any atom is 0.407 e. The summed E-state index contributed by atoms with van der Waals surface area (Å²) in [7, 11) is 1.67. The molecule has 0 atom stereocenters. The largest absolute Gasteiger partial charge is 0.465 e. The summed E-state index contributed by atoms with van der Waals surface area (Å²) in [5.74, 6) is 1.38. The highest BCUT2D eigenvalue weighted by Crippen LogP contribution is 2.29. The minimum atomic E-state index is -0.805. The van der Waals surface area contributed by atoms with E-state index in [0.29, 0.717) is 12.5 Å². The molecule has 0 aromatic carbocycles. The summed E-state index contributed by atoms with van der Waals surface area (Å²) in [5, 5.41) is 8.87. The fraction of sp³-hybridized carbons (Fsp3) is 0.929. The van der Waals surface area contributed by atoms with Crippen LogP contribution in [0.4, 0.5) is 4.79 Å². The molecule has 0 saturated heterocycles. The van der Waals surface area contributed by atoms with E-state index in [0.717, 1.165) is 19.0 Å². The lowest BCUT2D eigenvalue weighted by Crippen LogP contribution is -2.35. The van der Waals surface area contributed by atoms with Crippen molar-refractivity contribution >= 4 is 6.09 Å². The molecule has 0 aromatic rings. The Morgan fingerprint density at radius 2 is 1.50 bits per heavy atom. The first-order chi connectivity index (χ1) is 8.56. The van der Waals surface area contributed by atoms with Crippen molar-refractivity contribution in [3.63, 3.8) is 0 Å². The van der Waals surface area contributed by atoms with Gasteiger partial charge in [0.15, 0.2) is 0 Å². The van der Waals surface area contributed by atoms with Crippen LogP contribution < -0.4 is 0 Å². The molecule has 0 radical (unpaired) electrons. The number of carbonyl (C=O) groups is 1. The zero-order chi connectivity index (χ0) is 13.5. The monoisotopic (exact) mass is 256 g/mol. The minimum absolute atomic E-state index is 0.569. The Kier molecular flexibility index (Phi) is 6.47. The molecule has 1 aliphatic carbocycles. The van der Waals surface area contributed by atoms with Crippen molar-refractivity contribution in [3.8, 4) is 0 Å². The van der Waals surface area contributed by atoms with Crippen LogP contribution in [0.5, 0.6) is 0 Å². The summed E-state index contributed by atoms with van der Waals surface area (Å²) >= 11 is 0. The molecule has 1 fully saturated rings. The van der Waals surface area contributed by atoms with Gasteiger partial charge < -0.3 is 14.9 Å². The van der Waals surface area contributed by atoms with Crippen LogP contribution in [0.1, 0.15) is 39.5 Å². The molecule has 0 aromatic heterocycles. The zero-order valence-corrected chi connectivity index (χ0v) is 12.1. The second kappa shape index (κ2) is 7.62. The first kappa shape index (κ1) is 15.3. The first-order valence-corrected chi connectivity index (χ1v) is 7.23. The molecular formula is C14H28N2O2. The second-order valence-corrected chi connectivity index (χ2v) is 5.54. The van der Waals surface area contributed by atoms with Gasteiger partial charge in [-0.15, -0.1) is 0 Å². The molecule has 4 nitrogen and oxygen atoms in total. The van der Waals surface area contributed by atoms with E-state index in [4.69, 9.17) is 5.11 Å². The lowest BCUT2D eigenvalue weighted by atomic mass is 9.81. The maximum atomic E-state index is 10.8. The van der Waals surface area contributed by atoms with Gasteiger partial charge in [0.25, 0.3) is 0 Å². The number of amides is 1. The lowest BCUT2D eigenvalue weighted by Gasteiger charge is -2.33. The summed E-state index contributed by atoms with van der Waals surface area (Å²) in [6, 6.07) is 0.